The minimum Gasteiger partial charge on any atom is -0.426 e. The van der Waals surface area contributed by atoms with E-state index < -0.39 is 5.97 Å². The predicted molar refractivity (Wildman–Crippen MR) is 130 cm³/mol. The molecule has 168 valence electrons. The van der Waals surface area contributed by atoms with Gasteiger partial charge >= 0.3 is 5.97 Å². The van der Waals surface area contributed by atoms with Crippen LogP contribution in [-0.4, -0.2) is 37.6 Å². The van der Waals surface area contributed by atoms with E-state index in [0.29, 0.717) is 50.7 Å². The second-order valence-corrected chi connectivity index (χ2v) is 7.77. The number of amidine groups is 2. The third-order valence-electron chi connectivity index (χ3n) is 5.35. The lowest BCUT2D eigenvalue weighted by molar-refractivity contribution is -0.131. The summed E-state index contributed by atoms with van der Waals surface area (Å²) >= 11 is 0. The molecule has 0 aliphatic heterocycles. The van der Waals surface area contributed by atoms with Crippen LogP contribution >= 0.6 is 0 Å². The molecule has 0 atom stereocenters. The zero-order chi connectivity index (χ0) is 24.0. The molecule has 10 heteroatoms. The SMILES string of the molecule is CC(=O)Oc1cc(-c2nc3ccc(C(=N)N)cc3[nH]2)ccc1-c1nc2ccc(C(=N)N)cc2[nH]1. The highest BCUT2D eigenvalue weighted by atomic mass is 16.5. The Balaban J connectivity index is 1.59. The number of carbonyl (C=O) groups excluding carboxylic acids is 1. The van der Waals surface area contributed by atoms with Crippen molar-refractivity contribution in [1.82, 2.24) is 19.9 Å². The highest BCUT2D eigenvalue weighted by molar-refractivity contribution is 5.99. The van der Waals surface area contributed by atoms with Gasteiger partial charge in [0.25, 0.3) is 0 Å². The van der Waals surface area contributed by atoms with Crippen molar-refractivity contribution in [3.8, 4) is 28.5 Å². The summed E-state index contributed by atoms with van der Waals surface area (Å²) in [6.07, 6.45) is 0. The van der Waals surface area contributed by atoms with Crippen LogP contribution in [0.2, 0.25) is 0 Å². The number of imidazole rings is 2. The molecule has 0 aliphatic rings. The van der Waals surface area contributed by atoms with Crippen molar-refractivity contribution in [2.45, 2.75) is 6.92 Å². The Morgan fingerprint density at radius 3 is 1.94 bits per heavy atom. The fraction of sp³-hybridized carbons (Fsp3) is 0.0417. The number of nitrogen functional groups attached to an aromatic ring is 2. The molecule has 34 heavy (non-hydrogen) atoms. The number of nitrogens with zero attached hydrogens (tertiary/aromatic N) is 2. The number of H-pyrrole nitrogens is 2. The van der Waals surface area contributed by atoms with Gasteiger partial charge in [-0.15, -0.1) is 0 Å². The molecule has 5 aromatic rings. The van der Waals surface area contributed by atoms with E-state index in [-0.39, 0.29) is 11.7 Å². The number of hydrogen-bond donors (Lipinski definition) is 6. The average molecular weight is 452 g/mol. The number of esters is 1. The number of fused-ring (bicyclic) bond motifs is 2. The van der Waals surface area contributed by atoms with Crippen molar-refractivity contribution >= 4 is 39.7 Å². The monoisotopic (exact) mass is 452 g/mol. The van der Waals surface area contributed by atoms with Crippen molar-refractivity contribution in [1.29, 1.82) is 10.8 Å². The standard InChI is InChI=1S/C24H20N8O2/c1-11(33)34-20-10-14(23-29-16-6-3-12(21(25)26)8-18(16)31-23)2-5-15(20)24-30-17-7-4-13(22(27)28)9-19(17)32-24/h2-10H,1H3,(H3,25,26)(H3,27,28)(H,29,31)(H,30,32). The lowest BCUT2D eigenvalue weighted by atomic mass is 10.1. The van der Waals surface area contributed by atoms with Crippen molar-refractivity contribution < 1.29 is 9.53 Å². The Bertz CT molecular complexity index is 1630. The molecule has 3 aromatic carbocycles. The second-order valence-electron chi connectivity index (χ2n) is 7.77. The third-order valence-corrected chi connectivity index (χ3v) is 5.35. The maximum absolute atomic E-state index is 11.8. The number of nitrogens with one attached hydrogen (secondary N) is 4. The number of ether oxygens (including phenoxy) is 1. The second kappa shape index (κ2) is 7.85. The predicted octanol–water partition coefficient (Wildman–Crippen LogP) is 3.27. The minimum absolute atomic E-state index is 0.0270. The first kappa shape index (κ1) is 20.9. The van der Waals surface area contributed by atoms with Gasteiger partial charge in [0.15, 0.2) is 0 Å². The maximum Gasteiger partial charge on any atom is 0.308 e. The molecule has 10 nitrogen and oxygen atoms in total. The quantitative estimate of drug-likeness (QED) is 0.103. The van der Waals surface area contributed by atoms with E-state index in [1.807, 2.05) is 6.07 Å². The maximum atomic E-state index is 11.8. The van der Waals surface area contributed by atoms with Gasteiger partial charge in [0.2, 0.25) is 0 Å². The topological polar surface area (TPSA) is 183 Å². The van der Waals surface area contributed by atoms with Crippen LogP contribution in [0.5, 0.6) is 5.75 Å². The normalized spacial score (nSPS) is 11.1. The molecule has 0 spiro atoms. The lowest BCUT2D eigenvalue weighted by Crippen LogP contribution is -2.10. The molecule has 2 heterocycles. The fourth-order valence-electron chi connectivity index (χ4n) is 3.72. The summed E-state index contributed by atoms with van der Waals surface area (Å²) in [6.45, 7) is 1.33. The van der Waals surface area contributed by atoms with E-state index in [2.05, 4.69) is 19.9 Å². The summed E-state index contributed by atoms with van der Waals surface area (Å²) in [7, 11) is 0. The summed E-state index contributed by atoms with van der Waals surface area (Å²) in [6, 6.07) is 15.9. The lowest BCUT2D eigenvalue weighted by Gasteiger charge is -2.09. The van der Waals surface area contributed by atoms with Crippen LogP contribution in [0, 0.1) is 10.8 Å². The van der Waals surface area contributed by atoms with Gasteiger partial charge in [0, 0.05) is 23.6 Å². The molecule has 5 rings (SSSR count). The zero-order valence-electron chi connectivity index (χ0n) is 18.1. The summed E-state index contributed by atoms with van der Waals surface area (Å²) in [5.41, 5.74) is 16.5. The van der Waals surface area contributed by atoms with Crippen molar-refractivity contribution in [2.75, 3.05) is 0 Å². The molecule has 0 fully saturated rings. The van der Waals surface area contributed by atoms with Gasteiger partial charge in [0.1, 0.15) is 29.1 Å². The van der Waals surface area contributed by atoms with Crippen molar-refractivity contribution in [3.63, 3.8) is 0 Å². The number of nitrogens with two attached hydrogens (primary N) is 2. The number of aromatic nitrogens is 4. The zero-order valence-corrected chi connectivity index (χ0v) is 18.1. The summed E-state index contributed by atoms with van der Waals surface area (Å²) < 4.78 is 5.51. The van der Waals surface area contributed by atoms with E-state index in [4.69, 9.17) is 27.0 Å². The van der Waals surface area contributed by atoms with Gasteiger partial charge in [-0.05, 0) is 48.5 Å². The van der Waals surface area contributed by atoms with Crippen LogP contribution in [-0.2, 0) is 4.79 Å². The van der Waals surface area contributed by atoms with Gasteiger partial charge in [-0.25, -0.2) is 9.97 Å². The van der Waals surface area contributed by atoms with E-state index in [1.54, 1.807) is 48.5 Å². The Kier molecular flexibility index (Phi) is 4.82. The van der Waals surface area contributed by atoms with Gasteiger partial charge in [0.05, 0.1) is 27.6 Å². The largest absolute Gasteiger partial charge is 0.426 e. The van der Waals surface area contributed by atoms with Gasteiger partial charge in [-0.3, -0.25) is 15.6 Å². The fourth-order valence-corrected chi connectivity index (χ4v) is 3.72. The Labute approximate surface area is 193 Å². The van der Waals surface area contributed by atoms with Crippen LogP contribution < -0.4 is 16.2 Å². The van der Waals surface area contributed by atoms with Crippen LogP contribution in [0.4, 0.5) is 0 Å². The molecule has 0 radical (unpaired) electrons. The summed E-state index contributed by atoms with van der Waals surface area (Å²) in [5.74, 6) is 0.871. The molecule has 0 amide bonds. The van der Waals surface area contributed by atoms with Crippen LogP contribution in [0.1, 0.15) is 18.1 Å². The minimum atomic E-state index is -0.468. The number of aromatic amines is 2. The van der Waals surface area contributed by atoms with Crippen LogP contribution in [0.25, 0.3) is 44.8 Å². The molecular weight excluding hydrogens is 432 g/mol. The molecule has 8 N–H and O–H groups in total. The molecule has 0 bridgehead atoms. The van der Waals surface area contributed by atoms with E-state index in [9.17, 15) is 4.79 Å². The highest BCUT2D eigenvalue weighted by Crippen LogP contribution is 2.34. The molecule has 0 unspecified atom stereocenters. The summed E-state index contributed by atoms with van der Waals surface area (Å²) in [5, 5.41) is 15.3. The van der Waals surface area contributed by atoms with Crippen LogP contribution in [0.15, 0.2) is 54.6 Å². The van der Waals surface area contributed by atoms with Gasteiger partial charge in [-0.1, -0.05) is 6.07 Å². The first-order valence-corrected chi connectivity index (χ1v) is 10.3. The number of hydrogen-bond acceptors (Lipinski definition) is 6. The summed E-state index contributed by atoms with van der Waals surface area (Å²) in [4.78, 5) is 27.5. The Morgan fingerprint density at radius 1 is 0.824 bits per heavy atom. The number of benzene rings is 3. The van der Waals surface area contributed by atoms with Crippen molar-refractivity contribution in [3.05, 3.63) is 65.7 Å². The van der Waals surface area contributed by atoms with E-state index >= 15 is 0 Å². The number of rotatable bonds is 5. The van der Waals surface area contributed by atoms with Crippen LogP contribution in [0.3, 0.4) is 0 Å². The third kappa shape index (κ3) is 3.73. The van der Waals surface area contributed by atoms with Gasteiger partial charge < -0.3 is 26.2 Å². The van der Waals surface area contributed by atoms with Crippen molar-refractivity contribution in [2.24, 2.45) is 11.5 Å². The molecule has 0 saturated carbocycles. The Hall–Kier alpha value is -4.99. The molecule has 0 aliphatic carbocycles. The smallest absolute Gasteiger partial charge is 0.308 e. The first-order valence-electron chi connectivity index (χ1n) is 10.3. The average Bonchev–Trinajstić information content (AvgIpc) is 3.41. The van der Waals surface area contributed by atoms with E-state index in [0.717, 1.165) is 11.0 Å². The van der Waals surface area contributed by atoms with Gasteiger partial charge in [-0.2, -0.15) is 0 Å². The Morgan fingerprint density at radius 2 is 1.38 bits per heavy atom. The van der Waals surface area contributed by atoms with E-state index in [1.165, 1.54) is 6.92 Å². The highest BCUT2D eigenvalue weighted by Gasteiger charge is 2.16. The molecular formula is C24H20N8O2. The number of carbonyl (C=O) groups is 1. The molecule has 2 aromatic heterocycles. The molecule has 0 saturated heterocycles. The first-order chi connectivity index (χ1) is 16.3.